The summed E-state index contributed by atoms with van der Waals surface area (Å²) in [6, 6.07) is 26.0. The zero-order chi connectivity index (χ0) is 24.7. The summed E-state index contributed by atoms with van der Waals surface area (Å²) in [4.78, 5) is 15.6. The Balaban J connectivity index is 0.00000361. The molecule has 1 aliphatic rings. The van der Waals surface area contributed by atoms with Gasteiger partial charge in [-0.3, -0.25) is 9.69 Å². The Morgan fingerprint density at radius 1 is 0.861 bits per heavy atom. The van der Waals surface area contributed by atoms with Gasteiger partial charge < -0.3 is 10.1 Å². The Morgan fingerprint density at radius 3 is 1.89 bits per heavy atom. The van der Waals surface area contributed by atoms with Crippen LogP contribution in [0.3, 0.4) is 0 Å². The molecule has 192 valence electrons. The van der Waals surface area contributed by atoms with E-state index in [9.17, 15) is 13.2 Å². The molecular formula is C27H32ClN3O4S. The molecule has 9 heteroatoms. The van der Waals surface area contributed by atoms with Crippen LogP contribution in [0.25, 0.3) is 0 Å². The van der Waals surface area contributed by atoms with Gasteiger partial charge in [-0.2, -0.15) is 4.31 Å². The maximum Gasteiger partial charge on any atom is 0.243 e. The third-order valence-corrected chi connectivity index (χ3v) is 8.20. The van der Waals surface area contributed by atoms with Crippen LogP contribution in [0.15, 0.2) is 89.8 Å². The molecule has 1 N–H and O–H groups in total. The zero-order valence-corrected chi connectivity index (χ0v) is 21.9. The first-order valence-corrected chi connectivity index (χ1v) is 13.2. The maximum atomic E-state index is 13.1. The van der Waals surface area contributed by atoms with E-state index in [0.717, 1.165) is 11.1 Å². The Labute approximate surface area is 219 Å². The average Bonchev–Trinajstić information content (AvgIpc) is 2.90. The number of nitrogens with one attached hydrogen (secondary N) is 1. The molecule has 1 saturated heterocycles. The first kappa shape index (κ1) is 27.7. The van der Waals surface area contributed by atoms with Crippen LogP contribution in [0.4, 0.5) is 0 Å². The highest BCUT2D eigenvalue weighted by molar-refractivity contribution is 7.89. The Hall–Kier alpha value is -2.91. The first-order chi connectivity index (χ1) is 17.0. The van der Waals surface area contributed by atoms with Crippen LogP contribution in [0.1, 0.15) is 17.0 Å². The molecular weight excluding hydrogens is 498 g/mol. The monoisotopic (exact) mass is 529 g/mol. The smallest absolute Gasteiger partial charge is 0.243 e. The van der Waals surface area contributed by atoms with E-state index in [-0.39, 0.29) is 29.1 Å². The molecule has 1 aliphatic heterocycles. The Morgan fingerprint density at radius 2 is 1.39 bits per heavy atom. The van der Waals surface area contributed by atoms with E-state index >= 15 is 0 Å². The van der Waals surface area contributed by atoms with E-state index in [4.69, 9.17) is 4.74 Å². The fraction of sp³-hybridized carbons (Fsp3) is 0.296. The van der Waals surface area contributed by atoms with Crippen molar-refractivity contribution in [3.63, 3.8) is 0 Å². The van der Waals surface area contributed by atoms with Crippen LogP contribution in [-0.4, -0.2) is 69.9 Å². The fourth-order valence-electron chi connectivity index (χ4n) is 4.32. The second-order valence-corrected chi connectivity index (χ2v) is 10.4. The summed E-state index contributed by atoms with van der Waals surface area (Å²) < 4.78 is 32.5. The van der Waals surface area contributed by atoms with Gasteiger partial charge in [-0.15, -0.1) is 12.4 Å². The van der Waals surface area contributed by atoms with Gasteiger partial charge in [0, 0.05) is 39.3 Å². The number of benzene rings is 3. The molecule has 0 aromatic heterocycles. The summed E-state index contributed by atoms with van der Waals surface area (Å²) in [5.74, 6) is 0.213. The topological polar surface area (TPSA) is 79.0 Å². The van der Waals surface area contributed by atoms with Crippen molar-refractivity contribution in [2.45, 2.75) is 10.8 Å². The normalized spacial score (nSPS) is 14.7. The van der Waals surface area contributed by atoms with E-state index in [1.165, 1.54) is 4.31 Å². The minimum Gasteiger partial charge on any atom is -0.497 e. The van der Waals surface area contributed by atoms with Crippen molar-refractivity contribution in [1.29, 1.82) is 0 Å². The molecule has 36 heavy (non-hydrogen) atoms. The third-order valence-electron chi connectivity index (χ3n) is 6.28. The van der Waals surface area contributed by atoms with E-state index < -0.39 is 10.0 Å². The van der Waals surface area contributed by atoms with Gasteiger partial charge in [0.25, 0.3) is 0 Å². The number of methoxy groups -OCH3 is 1. The lowest BCUT2D eigenvalue weighted by molar-refractivity contribution is -0.121. The molecule has 1 heterocycles. The standard InChI is InChI=1S/C27H31N3O4S.ClH/c1-34-24-12-14-25(15-13-24)35(32,33)30-20-18-29(19-21-30)17-16-28-27(31)26(22-8-4-2-5-9-22)23-10-6-3-7-11-23;/h2-15,26H,16-21H2,1H3,(H,28,31);1H. The van der Waals surface area contributed by atoms with Crippen LogP contribution in [-0.2, 0) is 14.8 Å². The maximum absolute atomic E-state index is 13.1. The van der Waals surface area contributed by atoms with Crippen LogP contribution in [0, 0.1) is 0 Å². The summed E-state index contributed by atoms with van der Waals surface area (Å²) in [5, 5.41) is 3.08. The summed E-state index contributed by atoms with van der Waals surface area (Å²) >= 11 is 0. The van der Waals surface area contributed by atoms with Gasteiger partial charge in [-0.1, -0.05) is 60.7 Å². The molecule has 0 spiro atoms. The number of halogens is 1. The van der Waals surface area contributed by atoms with E-state index in [1.807, 2.05) is 60.7 Å². The van der Waals surface area contributed by atoms with Crippen LogP contribution in [0.2, 0.25) is 0 Å². The molecule has 0 saturated carbocycles. The third kappa shape index (κ3) is 6.64. The first-order valence-electron chi connectivity index (χ1n) is 11.7. The zero-order valence-electron chi connectivity index (χ0n) is 20.2. The van der Waals surface area contributed by atoms with Crippen LogP contribution >= 0.6 is 12.4 Å². The largest absolute Gasteiger partial charge is 0.497 e. The van der Waals surface area contributed by atoms with Crippen molar-refractivity contribution in [2.75, 3.05) is 46.4 Å². The molecule has 3 aromatic carbocycles. The summed E-state index contributed by atoms with van der Waals surface area (Å²) in [6.07, 6.45) is 0. The van der Waals surface area contributed by atoms with Gasteiger partial charge in [-0.25, -0.2) is 8.42 Å². The fourth-order valence-corrected chi connectivity index (χ4v) is 5.74. The number of carbonyl (C=O) groups is 1. The van der Waals surface area contributed by atoms with E-state index in [2.05, 4.69) is 10.2 Å². The van der Waals surface area contributed by atoms with Gasteiger partial charge in [0.2, 0.25) is 15.9 Å². The minimum absolute atomic E-state index is 0. The summed E-state index contributed by atoms with van der Waals surface area (Å²) in [7, 11) is -1.99. The lowest BCUT2D eigenvalue weighted by atomic mass is 9.90. The highest BCUT2D eigenvalue weighted by Gasteiger charge is 2.28. The predicted molar refractivity (Wildman–Crippen MR) is 143 cm³/mol. The average molecular weight is 530 g/mol. The molecule has 3 aromatic rings. The van der Waals surface area contributed by atoms with Crippen molar-refractivity contribution >= 4 is 28.3 Å². The van der Waals surface area contributed by atoms with Gasteiger partial charge in [0.05, 0.1) is 17.9 Å². The minimum atomic E-state index is -3.54. The highest BCUT2D eigenvalue weighted by atomic mass is 35.5. The molecule has 0 atom stereocenters. The number of nitrogens with zero attached hydrogens (tertiary/aromatic N) is 2. The quantitative estimate of drug-likeness (QED) is 0.460. The molecule has 0 unspecified atom stereocenters. The van der Waals surface area contributed by atoms with Gasteiger partial charge >= 0.3 is 0 Å². The number of carbonyl (C=O) groups excluding carboxylic acids is 1. The van der Waals surface area contributed by atoms with Crippen molar-refractivity contribution < 1.29 is 17.9 Å². The Bertz CT molecular complexity index is 1160. The molecule has 0 bridgehead atoms. The summed E-state index contributed by atoms with van der Waals surface area (Å²) in [6.45, 7) is 3.23. The van der Waals surface area contributed by atoms with Crippen LogP contribution < -0.4 is 10.1 Å². The van der Waals surface area contributed by atoms with Crippen molar-refractivity contribution in [1.82, 2.24) is 14.5 Å². The van der Waals surface area contributed by atoms with Crippen molar-refractivity contribution in [3.05, 3.63) is 96.1 Å². The highest BCUT2D eigenvalue weighted by Crippen LogP contribution is 2.25. The predicted octanol–water partition coefficient (Wildman–Crippen LogP) is 3.37. The number of piperazine rings is 1. The van der Waals surface area contributed by atoms with Gasteiger partial charge in [0.1, 0.15) is 5.75 Å². The van der Waals surface area contributed by atoms with E-state index in [1.54, 1.807) is 31.4 Å². The molecule has 4 rings (SSSR count). The second-order valence-electron chi connectivity index (χ2n) is 8.47. The number of amides is 1. The lowest BCUT2D eigenvalue weighted by Crippen LogP contribution is -2.50. The summed E-state index contributed by atoms with van der Waals surface area (Å²) in [5.41, 5.74) is 1.90. The van der Waals surface area contributed by atoms with Crippen molar-refractivity contribution in [3.8, 4) is 5.75 Å². The lowest BCUT2D eigenvalue weighted by Gasteiger charge is -2.34. The van der Waals surface area contributed by atoms with Gasteiger partial charge in [-0.05, 0) is 35.4 Å². The molecule has 7 nitrogen and oxygen atoms in total. The SMILES string of the molecule is COc1ccc(S(=O)(=O)N2CCN(CCNC(=O)C(c3ccccc3)c3ccccc3)CC2)cc1.Cl. The van der Waals surface area contributed by atoms with Gasteiger partial charge in [0.15, 0.2) is 0 Å². The molecule has 1 amide bonds. The Kier molecular flexibility index (Phi) is 9.89. The second kappa shape index (κ2) is 12.9. The number of ether oxygens (including phenoxy) is 1. The van der Waals surface area contributed by atoms with Crippen LogP contribution in [0.5, 0.6) is 5.75 Å². The number of sulfonamides is 1. The number of rotatable bonds is 9. The van der Waals surface area contributed by atoms with Crippen molar-refractivity contribution in [2.24, 2.45) is 0 Å². The van der Waals surface area contributed by atoms with E-state index in [0.29, 0.717) is 45.0 Å². The molecule has 0 radical (unpaired) electrons. The molecule has 1 fully saturated rings. The number of hydrogen-bond donors (Lipinski definition) is 1. The number of hydrogen-bond acceptors (Lipinski definition) is 5. The molecule has 0 aliphatic carbocycles.